The van der Waals surface area contributed by atoms with Gasteiger partial charge in [0, 0.05) is 53.0 Å². The lowest BCUT2D eigenvalue weighted by atomic mass is 10.0. The van der Waals surface area contributed by atoms with Crippen molar-refractivity contribution in [2.45, 2.75) is 25.4 Å². The van der Waals surface area contributed by atoms with E-state index in [1.165, 1.54) is 0 Å². The van der Waals surface area contributed by atoms with E-state index >= 15 is 0 Å². The van der Waals surface area contributed by atoms with Gasteiger partial charge in [-0.25, -0.2) is 9.97 Å². The fraction of sp³-hybridized carbons (Fsp3) is 0.647. The van der Waals surface area contributed by atoms with Gasteiger partial charge in [0.05, 0.1) is 12.5 Å². The van der Waals surface area contributed by atoms with Crippen molar-refractivity contribution in [3.63, 3.8) is 0 Å². The summed E-state index contributed by atoms with van der Waals surface area (Å²) in [4.78, 5) is 38.3. The van der Waals surface area contributed by atoms with Crippen molar-refractivity contribution in [2.75, 3.05) is 45.7 Å². The van der Waals surface area contributed by atoms with Gasteiger partial charge in [-0.3, -0.25) is 9.59 Å². The third-order valence-corrected chi connectivity index (χ3v) is 4.73. The topological polar surface area (TPSA) is 78.9 Å². The van der Waals surface area contributed by atoms with Crippen LogP contribution < -0.4 is 9.64 Å². The van der Waals surface area contributed by atoms with Gasteiger partial charge in [0.15, 0.2) is 5.82 Å². The van der Waals surface area contributed by atoms with Crippen molar-refractivity contribution < 1.29 is 14.3 Å². The molecule has 0 spiro atoms. The van der Waals surface area contributed by atoms with E-state index in [2.05, 4.69) is 9.97 Å². The molecule has 3 heterocycles. The second kappa shape index (κ2) is 7.25. The molecule has 2 fully saturated rings. The highest BCUT2D eigenvalue weighted by Gasteiger charge is 2.36. The summed E-state index contributed by atoms with van der Waals surface area (Å²) < 4.78 is 6.05. The monoisotopic (exact) mass is 347 g/mol. The number of hydrogen-bond acceptors (Lipinski definition) is 6. The second-order valence-corrected chi connectivity index (χ2v) is 6.92. The molecule has 2 saturated heterocycles. The number of nitrogens with zero attached hydrogens (tertiary/aromatic N) is 5. The summed E-state index contributed by atoms with van der Waals surface area (Å²) >= 11 is 0. The second-order valence-electron chi connectivity index (χ2n) is 6.92. The number of carbonyl (C=O) groups is 2. The van der Waals surface area contributed by atoms with Crippen LogP contribution in [0.3, 0.4) is 0 Å². The molecule has 8 nitrogen and oxygen atoms in total. The molecule has 0 saturated carbocycles. The van der Waals surface area contributed by atoms with E-state index < -0.39 is 0 Å². The molecule has 0 N–H and O–H groups in total. The number of carbonyl (C=O) groups excluding carboxylic acids is 2. The first-order valence-electron chi connectivity index (χ1n) is 8.63. The molecule has 0 bridgehead atoms. The zero-order valence-electron chi connectivity index (χ0n) is 15.0. The average molecular weight is 347 g/mol. The van der Waals surface area contributed by atoms with Crippen molar-refractivity contribution in [1.29, 1.82) is 0 Å². The Morgan fingerprint density at radius 2 is 2.04 bits per heavy atom. The molecule has 2 aliphatic heterocycles. The molecule has 0 radical (unpaired) electrons. The first-order chi connectivity index (χ1) is 12.0. The highest BCUT2D eigenvalue weighted by Crippen LogP contribution is 2.26. The molecule has 1 aromatic heterocycles. The number of hydrogen-bond donors (Lipinski definition) is 0. The molecular formula is C17H25N5O3. The van der Waals surface area contributed by atoms with Gasteiger partial charge in [0.25, 0.3) is 5.88 Å². The smallest absolute Gasteiger partial charge is 0.257 e. The fourth-order valence-corrected chi connectivity index (χ4v) is 3.39. The minimum atomic E-state index is -0.231. The molecule has 0 unspecified atom stereocenters. The van der Waals surface area contributed by atoms with E-state index in [0.29, 0.717) is 37.8 Å². The van der Waals surface area contributed by atoms with Crippen molar-refractivity contribution in [1.82, 2.24) is 19.8 Å². The molecule has 25 heavy (non-hydrogen) atoms. The highest BCUT2D eigenvalue weighted by molar-refractivity contribution is 5.89. The lowest BCUT2D eigenvalue weighted by Gasteiger charge is -2.34. The normalized spacial score (nSPS) is 23.7. The van der Waals surface area contributed by atoms with E-state index in [4.69, 9.17) is 4.74 Å². The number of rotatable bonds is 4. The number of aromatic nitrogens is 2. The Balaban J connectivity index is 1.64. The summed E-state index contributed by atoms with van der Waals surface area (Å²) in [5.74, 6) is 1.03. The van der Waals surface area contributed by atoms with Crippen LogP contribution in [0.1, 0.15) is 19.3 Å². The first-order valence-corrected chi connectivity index (χ1v) is 8.63. The van der Waals surface area contributed by atoms with Gasteiger partial charge >= 0.3 is 0 Å². The Hall–Kier alpha value is -2.38. The van der Waals surface area contributed by atoms with Crippen LogP contribution in [0.5, 0.6) is 5.88 Å². The molecule has 2 atom stereocenters. The predicted octanol–water partition coefficient (Wildman–Crippen LogP) is 0.391. The molecule has 136 valence electrons. The zero-order chi connectivity index (χ0) is 18.0. The van der Waals surface area contributed by atoms with Crippen molar-refractivity contribution in [3.05, 3.63) is 12.4 Å². The van der Waals surface area contributed by atoms with Gasteiger partial charge in [-0.05, 0) is 12.8 Å². The third-order valence-electron chi connectivity index (χ3n) is 4.73. The van der Waals surface area contributed by atoms with E-state index in [9.17, 15) is 9.59 Å². The first kappa shape index (κ1) is 17.4. The Bertz CT molecular complexity index is 651. The van der Waals surface area contributed by atoms with Gasteiger partial charge in [-0.1, -0.05) is 0 Å². The molecular weight excluding hydrogens is 322 g/mol. The average Bonchev–Trinajstić information content (AvgIpc) is 2.94. The Morgan fingerprint density at radius 1 is 1.28 bits per heavy atom. The van der Waals surface area contributed by atoms with Crippen LogP contribution >= 0.6 is 0 Å². The number of piperidine rings is 1. The summed E-state index contributed by atoms with van der Waals surface area (Å²) in [6, 6.07) is 0. The van der Waals surface area contributed by atoms with Crippen molar-refractivity contribution in [3.8, 4) is 5.88 Å². The molecule has 0 aliphatic carbocycles. The Morgan fingerprint density at radius 3 is 2.72 bits per heavy atom. The van der Waals surface area contributed by atoms with E-state index in [1.807, 2.05) is 23.9 Å². The molecule has 2 amide bonds. The Kier molecular flexibility index (Phi) is 5.06. The van der Waals surface area contributed by atoms with Crippen molar-refractivity contribution >= 4 is 17.6 Å². The van der Waals surface area contributed by atoms with E-state index in [-0.39, 0.29) is 23.8 Å². The summed E-state index contributed by atoms with van der Waals surface area (Å²) in [5, 5.41) is 0. The molecule has 0 aromatic carbocycles. The van der Waals surface area contributed by atoms with Crippen LogP contribution in [0.4, 0.5) is 5.82 Å². The number of likely N-dealkylation sites (tertiary alicyclic amines) is 2. The SMILES string of the molecule is CN1C[C@@H](C(=O)N2CCC[C@@H](Oc3nccnc3N(C)C)C2)CC1=O. The summed E-state index contributed by atoms with van der Waals surface area (Å²) in [6.07, 6.45) is 5.19. The predicted molar refractivity (Wildman–Crippen MR) is 92.3 cm³/mol. The van der Waals surface area contributed by atoms with Crippen LogP contribution in [0.15, 0.2) is 12.4 Å². The number of anilines is 1. The standard InChI is InChI=1S/C17H25N5O3/c1-20(2)15-16(19-7-6-18-15)25-13-5-4-8-22(11-13)17(24)12-9-14(23)21(3)10-12/h6-7,12-13H,4-5,8-11H2,1-3H3/t12-,13+/m0/s1. The van der Waals surface area contributed by atoms with Crippen LogP contribution in [0, 0.1) is 5.92 Å². The summed E-state index contributed by atoms with van der Waals surface area (Å²) in [5.41, 5.74) is 0. The van der Waals surface area contributed by atoms with Gasteiger partial charge in [-0.2, -0.15) is 0 Å². The van der Waals surface area contributed by atoms with Gasteiger partial charge in [0.2, 0.25) is 11.8 Å². The molecule has 1 aromatic rings. The van der Waals surface area contributed by atoms with E-state index in [1.54, 1.807) is 24.3 Å². The quantitative estimate of drug-likeness (QED) is 0.784. The third kappa shape index (κ3) is 3.83. The van der Waals surface area contributed by atoms with E-state index in [0.717, 1.165) is 12.8 Å². The summed E-state index contributed by atoms with van der Waals surface area (Å²) in [7, 11) is 5.52. The number of ether oxygens (including phenoxy) is 1. The maximum atomic E-state index is 12.7. The minimum absolute atomic E-state index is 0.0401. The van der Waals surface area contributed by atoms with Crippen LogP contribution in [0.25, 0.3) is 0 Å². The van der Waals surface area contributed by atoms with Crippen LogP contribution in [-0.2, 0) is 9.59 Å². The van der Waals surface area contributed by atoms with Crippen LogP contribution in [-0.4, -0.2) is 78.5 Å². The van der Waals surface area contributed by atoms with Gasteiger partial charge in [-0.15, -0.1) is 0 Å². The number of amides is 2. The lowest BCUT2D eigenvalue weighted by molar-refractivity contribution is -0.138. The largest absolute Gasteiger partial charge is 0.470 e. The van der Waals surface area contributed by atoms with Gasteiger partial charge in [0.1, 0.15) is 6.10 Å². The lowest BCUT2D eigenvalue weighted by Crippen LogP contribution is -2.47. The zero-order valence-corrected chi connectivity index (χ0v) is 15.0. The fourth-order valence-electron chi connectivity index (χ4n) is 3.39. The Labute approximate surface area is 147 Å². The summed E-state index contributed by atoms with van der Waals surface area (Å²) in [6.45, 7) is 1.75. The highest BCUT2D eigenvalue weighted by atomic mass is 16.5. The maximum Gasteiger partial charge on any atom is 0.257 e. The minimum Gasteiger partial charge on any atom is -0.470 e. The molecule has 3 rings (SSSR count). The van der Waals surface area contributed by atoms with Crippen molar-refractivity contribution in [2.24, 2.45) is 5.92 Å². The maximum absolute atomic E-state index is 12.7. The molecule has 2 aliphatic rings. The van der Waals surface area contributed by atoms with Crippen LogP contribution in [0.2, 0.25) is 0 Å². The molecule has 8 heteroatoms. The van der Waals surface area contributed by atoms with Gasteiger partial charge < -0.3 is 19.4 Å².